The second-order valence-corrected chi connectivity index (χ2v) is 6.46. The van der Waals surface area contributed by atoms with Crippen LogP contribution in [0.3, 0.4) is 0 Å². The fourth-order valence-electron chi connectivity index (χ4n) is 2.33. The summed E-state index contributed by atoms with van der Waals surface area (Å²) in [5.74, 6) is 0.355. The highest BCUT2D eigenvalue weighted by Crippen LogP contribution is 2.22. The largest absolute Gasteiger partial charge is 0.341 e. The molecule has 0 spiro atoms. The van der Waals surface area contributed by atoms with Crippen LogP contribution in [0.4, 0.5) is 0 Å². The molecule has 5 nitrogen and oxygen atoms in total. The molecule has 0 N–H and O–H groups in total. The molecule has 24 heavy (non-hydrogen) atoms. The van der Waals surface area contributed by atoms with E-state index in [4.69, 9.17) is 5.26 Å². The van der Waals surface area contributed by atoms with Crippen molar-refractivity contribution in [2.45, 2.75) is 32.3 Å². The predicted octanol–water partition coefficient (Wildman–Crippen LogP) is 3.34. The molecule has 0 saturated carbocycles. The van der Waals surface area contributed by atoms with Crippen LogP contribution >= 0.6 is 11.8 Å². The molecule has 0 aliphatic rings. The lowest BCUT2D eigenvalue weighted by Crippen LogP contribution is -2.33. The number of thioether (sulfide) groups is 1. The van der Waals surface area contributed by atoms with Crippen molar-refractivity contribution in [1.29, 1.82) is 5.26 Å². The van der Waals surface area contributed by atoms with E-state index in [2.05, 4.69) is 43.1 Å². The number of nitriles is 1. The maximum atomic E-state index is 12.3. The molecule has 0 atom stereocenters. The lowest BCUT2D eigenvalue weighted by molar-refractivity contribution is -0.128. The second kappa shape index (κ2) is 8.55. The van der Waals surface area contributed by atoms with Crippen LogP contribution in [0.15, 0.2) is 35.7 Å². The minimum absolute atomic E-state index is 0.0346. The number of aromatic nitrogens is 2. The number of aryl methyl sites for hydroxylation is 2. The molecule has 1 aromatic heterocycles. The van der Waals surface area contributed by atoms with E-state index in [1.807, 2.05) is 17.7 Å². The van der Waals surface area contributed by atoms with Crippen LogP contribution in [-0.4, -0.2) is 39.2 Å². The number of hydrogen-bond donors (Lipinski definition) is 0. The summed E-state index contributed by atoms with van der Waals surface area (Å²) in [6.07, 6.45) is 4.01. The van der Waals surface area contributed by atoms with E-state index in [0.717, 1.165) is 10.8 Å². The predicted molar refractivity (Wildman–Crippen MR) is 96.2 cm³/mol. The van der Waals surface area contributed by atoms with Gasteiger partial charge in [-0.05, 0) is 44.0 Å². The summed E-state index contributed by atoms with van der Waals surface area (Å²) in [5, 5.41) is 9.46. The van der Waals surface area contributed by atoms with Gasteiger partial charge >= 0.3 is 0 Å². The van der Waals surface area contributed by atoms with Gasteiger partial charge in [0, 0.05) is 31.2 Å². The van der Waals surface area contributed by atoms with Crippen LogP contribution in [-0.2, 0) is 4.79 Å². The van der Waals surface area contributed by atoms with Gasteiger partial charge in [-0.15, -0.1) is 0 Å². The van der Waals surface area contributed by atoms with Gasteiger partial charge in [0.1, 0.15) is 0 Å². The Labute approximate surface area is 147 Å². The van der Waals surface area contributed by atoms with E-state index in [1.54, 1.807) is 11.1 Å². The lowest BCUT2D eigenvalue weighted by Gasteiger charge is -2.19. The molecule has 0 radical (unpaired) electrons. The van der Waals surface area contributed by atoms with Gasteiger partial charge in [0.15, 0.2) is 5.16 Å². The maximum absolute atomic E-state index is 12.3. The van der Waals surface area contributed by atoms with E-state index in [-0.39, 0.29) is 5.91 Å². The van der Waals surface area contributed by atoms with Crippen LogP contribution in [0, 0.1) is 25.2 Å². The molecule has 2 aromatic rings. The minimum atomic E-state index is 0.0346. The first kappa shape index (κ1) is 18.1. The van der Waals surface area contributed by atoms with Crippen molar-refractivity contribution in [3.63, 3.8) is 0 Å². The fraction of sp³-hybridized carbons (Fsp3) is 0.389. The maximum Gasteiger partial charge on any atom is 0.233 e. The Balaban J connectivity index is 2.07. The van der Waals surface area contributed by atoms with Crippen molar-refractivity contribution >= 4 is 17.7 Å². The van der Waals surface area contributed by atoms with Gasteiger partial charge < -0.3 is 4.90 Å². The Bertz CT molecular complexity index is 748. The summed E-state index contributed by atoms with van der Waals surface area (Å²) in [5.41, 5.74) is 3.52. The third kappa shape index (κ3) is 4.39. The van der Waals surface area contributed by atoms with E-state index < -0.39 is 0 Å². The molecule has 0 bridgehead atoms. The van der Waals surface area contributed by atoms with Gasteiger partial charge in [0.05, 0.1) is 18.2 Å². The molecule has 1 heterocycles. The summed E-state index contributed by atoms with van der Waals surface area (Å²) in [6.45, 7) is 7.20. The molecule has 2 rings (SSSR count). The van der Waals surface area contributed by atoms with Gasteiger partial charge in [-0.3, -0.25) is 9.36 Å². The monoisotopic (exact) mass is 342 g/mol. The van der Waals surface area contributed by atoms with Crippen LogP contribution < -0.4 is 0 Å². The first-order valence-electron chi connectivity index (χ1n) is 7.95. The Morgan fingerprint density at radius 3 is 2.83 bits per heavy atom. The molecular weight excluding hydrogens is 320 g/mol. The number of rotatable bonds is 7. The van der Waals surface area contributed by atoms with Gasteiger partial charge in [-0.25, -0.2) is 4.98 Å². The average Bonchev–Trinajstić information content (AvgIpc) is 3.04. The molecular formula is C18H22N4OS. The number of benzene rings is 1. The van der Waals surface area contributed by atoms with E-state index >= 15 is 0 Å². The van der Waals surface area contributed by atoms with Gasteiger partial charge in [0.2, 0.25) is 5.91 Å². The van der Waals surface area contributed by atoms with Crippen LogP contribution in [0.25, 0.3) is 5.69 Å². The number of carbonyl (C=O) groups is 1. The van der Waals surface area contributed by atoms with Crippen molar-refractivity contribution in [2.24, 2.45) is 0 Å². The number of amides is 1. The highest BCUT2D eigenvalue weighted by Gasteiger charge is 2.14. The third-order valence-electron chi connectivity index (χ3n) is 3.93. The highest BCUT2D eigenvalue weighted by atomic mass is 32.2. The minimum Gasteiger partial charge on any atom is -0.341 e. The number of imidazole rings is 1. The Hall–Kier alpha value is -2.26. The SMILES string of the molecule is CCN(CCC#N)C(=O)CSc1nccn1-c1ccc(C)c(C)c1. The summed E-state index contributed by atoms with van der Waals surface area (Å²) in [7, 11) is 0. The zero-order valence-electron chi connectivity index (χ0n) is 14.3. The fourth-order valence-corrected chi connectivity index (χ4v) is 3.21. The van der Waals surface area contributed by atoms with Gasteiger partial charge in [-0.2, -0.15) is 5.26 Å². The van der Waals surface area contributed by atoms with Crippen molar-refractivity contribution in [1.82, 2.24) is 14.5 Å². The molecule has 0 saturated heterocycles. The number of nitrogens with zero attached hydrogens (tertiary/aromatic N) is 4. The molecule has 0 unspecified atom stereocenters. The standard InChI is InChI=1S/C18H22N4OS/c1-4-21(10-5-8-19)17(23)13-24-18-20-9-11-22(18)16-7-6-14(2)15(3)12-16/h6-7,9,11-12H,4-5,10,13H2,1-3H3. The third-order valence-corrected chi connectivity index (χ3v) is 4.88. The lowest BCUT2D eigenvalue weighted by atomic mass is 10.1. The normalized spacial score (nSPS) is 10.4. The van der Waals surface area contributed by atoms with E-state index in [9.17, 15) is 4.79 Å². The Morgan fingerprint density at radius 2 is 2.17 bits per heavy atom. The Kier molecular flexibility index (Phi) is 6.44. The number of hydrogen-bond acceptors (Lipinski definition) is 4. The summed E-state index contributed by atoms with van der Waals surface area (Å²) in [4.78, 5) is 18.4. The molecule has 126 valence electrons. The van der Waals surface area contributed by atoms with E-state index in [1.165, 1.54) is 22.9 Å². The summed E-state index contributed by atoms with van der Waals surface area (Å²) < 4.78 is 2.00. The quantitative estimate of drug-likeness (QED) is 0.724. The molecule has 1 amide bonds. The van der Waals surface area contributed by atoms with Crippen molar-refractivity contribution in [2.75, 3.05) is 18.8 Å². The van der Waals surface area contributed by atoms with Crippen molar-refractivity contribution < 1.29 is 4.79 Å². The summed E-state index contributed by atoms with van der Waals surface area (Å²) in [6, 6.07) is 8.34. The van der Waals surface area contributed by atoms with Gasteiger partial charge in [-0.1, -0.05) is 17.8 Å². The molecule has 6 heteroatoms. The molecule has 0 aliphatic heterocycles. The van der Waals surface area contributed by atoms with Gasteiger partial charge in [0.25, 0.3) is 0 Å². The first-order valence-corrected chi connectivity index (χ1v) is 8.93. The second-order valence-electron chi connectivity index (χ2n) is 5.52. The van der Waals surface area contributed by atoms with Crippen LogP contribution in [0.2, 0.25) is 0 Å². The van der Waals surface area contributed by atoms with Crippen molar-refractivity contribution in [3.8, 4) is 11.8 Å². The molecule has 0 aliphatic carbocycles. The smallest absolute Gasteiger partial charge is 0.233 e. The number of carbonyl (C=O) groups excluding carboxylic acids is 1. The molecule has 0 fully saturated rings. The average molecular weight is 342 g/mol. The first-order chi connectivity index (χ1) is 11.6. The highest BCUT2D eigenvalue weighted by molar-refractivity contribution is 7.99. The van der Waals surface area contributed by atoms with Crippen LogP contribution in [0.5, 0.6) is 0 Å². The summed E-state index contributed by atoms with van der Waals surface area (Å²) >= 11 is 1.42. The van der Waals surface area contributed by atoms with Crippen LogP contribution in [0.1, 0.15) is 24.5 Å². The van der Waals surface area contributed by atoms with Crippen molar-refractivity contribution in [3.05, 3.63) is 41.7 Å². The molecule has 1 aromatic carbocycles. The zero-order chi connectivity index (χ0) is 17.5. The zero-order valence-corrected chi connectivity index (χ0v) is 15.1. The topological polar surface area (TPSA) is 61.9 Å². The van der Waals surface area contributed by atoms with E-state index in [0.29, 0.717) is 25.3 Å². The Morgan fingerprint density at radius 1 is 1.38 bits per heavy atom.